The van der Waals surface area contributed by atoms with Crippen molar-refractivity contribution in [3.63, 3.8) is 0 Å². The zero-order valence-electron chi connectivity index (χ0n) is 11.7. The van der Waals surface area contributed by atoms with Crippen molar-refractivity contribution in [3.8, 4) is 0 Å². The molecular formula is C15H16N2O4. The van der Waals surface area contributed by atoms with E-state index in [1.165, 1.54) is 6.07 Å². The molecule has 0 aliphatic heterocycles. The van der Waals surface area contributed by atoms with E-state index in [1.807, 2.05) is 0 Å². The molecule has 3 N–H and O–H groups in total. The number of hydrogen-bond donors (Lipinski definition) is 3. The lowest BCUT2D eigenvalue weighted by Crippen LogP contribution is -2.44. The zero-order valence-corrected chi connectivity index (χ0v) is 11.7. The first-order chi connectivity index (χ1) is 9.90. The molecule has 1 aromatic carbocycles. The maximum absolute atomic E-state index is 12.1. The Morgan fingerprint density at radius 2 is 1.90 bits per heavy atom. The minimum absolute atomic E-state index is 0.0469. The van der Waals surface area contributed by atoms with E-state index in [0.29, 0.717) is 10.9 Å². The summed E-state index contributed by atoms with van der Waals surface area (Å²) in [4.78, 5) is 38.0. The summed E-state index contributed by atoms with van der Waals surface area (Å²) >= 11 is 0. The highest BCUT2D eigenvalue weighted by Crippen LogP contribution is 2.08. The molecule has 1 amide bonds. The van der Waals surface area contributed by atoms with Crippen molar-refractivity contribution in [2.24, 2.45) is 5.92 Å². The number of fused-ring (bicyclic) bond motifs is 1. The molecular weight excluding hydrogens is 272 g/mol. The number of aromatic nitrogens is 1. The third-order valence-electron chi connectivity index (χ3n) is 3.20. The second kappa shape index (κ2) is 5.78. The Morgan fingerprint density at radius 3 is 2.52 bits per heavy atom. The van der Waals surface area contributed by atoms with E-state index in [9.17, 15) is 14.4 Å². The number of aliphatic carboxylic acids is 1. The second-order valence-corrected chi connectivity index (χ2v) is 5.13. The predicted molar refractivity (Wildman–Crippen MR) is 78.3 cm³/mol. The fourth-order valence-corrected chi connectivity index (χ4v) is 2.05. The van der Waals surface area contributed by atoms with Gasteiger partial charge in [0.05, 0.1) is 0 Å². The molecule has 0 radical (unpaired) electrons. The van der Waals surface area contributed by atoms with Crippen LogP contribution >= 0.6 is 0 Å². The standard InChI is InChI=1S/C15H16N2O4/c1-8(2)13(15(20)21)17-14(19)11-7-12(18)9-5-3-4-6-10(9)16-11/h3-8,13H,1-2H3,(H,16,18)(H,17,19)(H,20,21)/t13-/m1/s1. The molecule has 0 saturated carbocycles. The van der Waals surface area contributed by atoms with E-state index in [1.54, 1.807) is 38.1 Å². The Balaban J connectivity index is 2.36. The minimum atomic E-state index is -1.11. The third-order valence-corrected chi connectivity index (χ3v) is 3.20. The van der Waals surface area contributed by atoms with Crippen molar-refractivity contribution < 1.29 is 14.7 Å². The predicted octanol–water partition coefficient (Wildman–Crippen LogP) is 1.37. The van der Waals surface area contributed by atoms with E-state index in [2.05, 4.69) is 10.3 Å². The summed E-state index contributed by atoms with van der Waals surface area (Å²) in [5.41, 5.74) is 0.295. The summed E-state index contributed by atoms with van der Waals surface area (Å²) in [7, 11) is 0. The Kier molecular flexibility index (Phi) is 4.07. The minimum Gasteiger partial charge on any atom is -0.480 e. The van der Waals surface area contributed by atoms with Gasteiger partial charge in [-0.2, -0.15) is 0 Å². The number of carboxylic acids is 1. The number of amides is 1. The molecule has 110 valence electrons. The number of rotatable bonds is 4. The third kappa shape index (κ3) is 3.10. The van der Waals surface area contributed by atoms with Gasteiger partial charge >= 0.3 is 5.97 Å². The van der Waals surface area contributed by atoms with Gasteiger partial charge in [0.25, 0.3) is 5.91 Å². The average molecular weight is 288 g/mol. The van der Waals surface area contributed by atoms with E-state index in [-0.39, 0.29) is 17.0 Å². The molecule has 0 fully saturated rings. The van der Waals surface area contributed by atoms with Crippen molar-refractivity contribution >= 4 is 22.8 Å². The van der Waals surface area contributed by atoms with E-state index < -0.39 is 17.9 Å². The lowest BCUT2D eigenvalue weighted by molar-refractivity contribution is -0.140. The van der Waals surface area contributed by atoms with Crippen molar-refractivity contribution in [1.82, 2.24) is 10.3 Å². The van der Waals surface area contributed by atoms with Crippen molar-refractivity contribution in [2.75, 3.05) is 0 Å². The van der Waals surface area contributed by atoms with Crippen LogP contribution in [-0.4, -0.2) is 28.0 Å². The van der Waals surface area contributed by atoms with E-state index in [4.69, 9.17) is 5.11 Å². The topological polar surface area (TPSA) is 99.3 Å². The van der Waals surface area contributed by atoms with Crippen LogP contribution in [-0.2, 0) is 4.79 Å². The van der Waals surface area contributed by atoms with Crippen LogP contribution in [0.5, 0.6) is 0 Å². The number of carbonyl (C=O) groups excluding carboxylic acids is 1. The molecule has 0 saturated heterocycles. The van der Waals surface area contributed by atoms with Crippen LogP contribution in [0.3, 0.4) is 0 Å². The highest BCUT2D eigenvalue weighted by atomic mass is 16.4. The number of aromatic amines is 1. The number of nitrogens with one attached hydrogen (secondary N) is 2. The van der Waals surface area contributed by atoms with Crippen LogP contribution < -0.4 is 10.7 Å². The van der Waals surface area contributed by atoms with Crippen molar-refractivity contribution in [1.29, 1.82) is 0 Å². The lowest BCUT2D eigenvalue weighted by atomic mass is 10.0. The van der Waals surface area contributed by atoms with E-state index in [0.717, 1.165) is 0 Å². The molecule has 6 heteroatoms. The lowest BCUT2D eigenvalue weighted by Gasteiger charge is -2.17. The number of hydrogen-bond acceptors (Lipinski definition) is 3. The van der Waals surface area contributed by atoms with Gasteiger partial charge in [-0.15, -0.1) is 0 Å². The first-order valence-electron chi connectivity index (χ1n) is 6.56. The molecule has 0 aliphatic rings. The monoisotopic (exact) mass is 288 g/mol. The summed E-state index contributed by atoms with van der Waals surface area (Å²) in [6.07, 6.45) is 0. The maximum atomic E-state index is 12.1. The first kappa shape index (κ1) is 14.8. The Morgan fingerprint density at radius 1 is 1.24 bits per heavy atom. The fraction of sp³-hybridized carbons (Fsp3) is 0.267. The van der Waals surface area contributed by atoms with Crippen LogP contribution in [0, 0.1) is 5.92 Å². The summed E-state index contributed by atoms with van der Waals surface area (Å²) in [5.74, 6) is -1.99. The number of H-pyrrole nitrogens is 1. The normalized spacial score (nSPS) is 12.3. The smallest absolute Gasteiger partial charge is 0.326 e. The van der Waals surface area contributed by atoms with Crippen LogP contribution in [0.1, 0.15) is 24.3 Å². The Bertz CT molecular complexity index is 749. The molecule has 2 aromatic rings. The summed E-state index contributed by atoms with van der Waals surface area (Å²) in [6, 6.07) is 6.99. The van der Waals surface area contributed by atoms with Crippen LogP contribution in [0.15, 0.2) is 35.1 Å². The zero-order chi connectivity index (χ0) is 15.6. The fourth-order valence-electron chi connectivity index (χ4n) is 2.05. The molecule has 0 aliphatic carbocycles. The summed E-state index contributed by atoms with van der Waals surface area (Å²) in [5, 5.41) is 12.0. The molecule has 1 atom stereocenters. The largest absolute Gasteiger partial charge is 0.480 e. The van der Waals surface area contributed by atoms with Gasteiger partial charge < -0.3 is 15.4 Å². The Labute approximate surface area is 120 Å². The molecule has 1 aromatic heterocycles. The van der Waals surface area contributed by atoms with Crippen molar-refractivity contribution in [2.45, 2.75) is 19.9 Å². The van der Waals surface area contributed by atoms with Crippen molar-refractivity contribution in [3.05, 3.63) is 46.2 Å². The molecule has 0 unspecified atom stereocenters. The Hall–Kier alpha value is -2.63. The average Bonchev–Trinajstić information content (AvgIpc) is 2.43. The molecule has 0 spiro atoms. The maximum Gasteiger partial charge on any atom is 0.326 e. The molecule has 6 nitrogen and oxygen atoms in total. The second-order valence-electron chi connectivity index (χ2n) is 5.13. The molecule has 0 bridgehead atoms. The van der Waals surface area contributed by atoms with Gasteiger partial charge in [-0.3, -0.25) is 9.59 Å². The van der Waals surface area contributed by atoms with Gasteiger partial charge in [0, 0.05) is 17.0 Å². The molecule has 2 rings (SSSR count). The first-order valence-corrected chi connectivity index (χ1v) is 6.56. The van der Waals surface area contributed by atoms with Gasteiger partial charge in [0.15, 0.2) is 5.43 Å². The van der Waals surface area contributed by atoms with Gasteiger partial charge in [0.2, 0.25) is 0 Å². The SMILES string of the molecule is CC(C)[C@@H](NC(=O)c1cc(=O)c2ccccc2[nH]1)C(=O)O. The summed E-state index contributed by atoms with van der Waals surface area (Å²) < 4.78 is 0. The van der Waals surface area contributed by atoms with Gasteiger partial charge in [-0.05, 0) is 18.1 Å². The van der Waals surface area contributed by atoms with Gasteiger partial charge in [-0.25, -0.2) is 4.79 Å². The molecule has 1 heterocycles. The summed E-state index contributed by atoms with van der Waals surface area (Å²) in [6.45, 7) is 3.39. The number of para-hydroxylation sites is 1. The number of carboxylic acid groups (broad SMARTS) is 1. The van der Waals surface area contributed by atoms with Gasteiger partial charge in [-0.1, -0.05) is 26.0 Å². The highest BCUT2D eigenvalue weighted by Gasteiger charge is 2.24. The number of benzene rings is 1. The number of pyridine rings is 1. The van der Waals surface area contributed by atoms with Crippen LogP contribution in [0.2, 0.25) is 0 Å². The number of carbonyl (C=O) groups is 2. The van der Waals surface area contributed by atoms with Gasteiger partial charge in [0.1, 0.15) is 11.7 Å². The van der Waals surface area contributed by atoms with Crippen LogP contribution in [0.4, 0.5) is 0 Å². The highest BCUT2D eigenvalue weighted by molar-refractivity contribution is 5.96. The molecule has 21 heavy (non-hydrogen) atoms. The van der Waals surface area contributed by atoms with E-state index >= 15 is 0 Å². The quantitative estimate of drug-likeness (QED) is 0.791. The van der Waals surface area contributed by atoms with Crippen LogP contribution in [0.25, 0.3) is 10.9 Å².